The van der Waals surface area contributed by atoms with Gasteiger partial charge in [-0.2, -0.15) is 0 Å². The fourth-order valence-electron chi connectivity index (χ4n) is 3.72. The quantitative estimate of drug-likeness (QED) is 0.545. The van der Waals surface area contributed by atoms with Crippen molar-refractivity contribution in [1.29, 1.82) is 0 Å². The molecule has 0 atom stereocenters. The molecule has 0 radical (unpaired) electrons. The molecule has 0 saturated carbocycles. The lowest BCUT2D eigenvalue weighted by Crippen LogP contribution is -2.44. The van der Waals surface area contributed by atoms with Gasteiger partial charge in [-0.15, -0.1) is 0 Å². The van der Waals surface area contributed by atoms with E-state index in [-0.39, 0.29) is 0 Å². The smallest absolute Gasteiger partial charge is 0.135 e. The maximum absolute atomic E-state index is 6.04. The Morgan fingerprint density at radius 2 is 1.90 bits per heavy atom. The third-order valence-corrected chi connectivity index (χ3v) is 5.70. The monoisotopic (exact) mass is 443 g/mol. The van der Waals surface area contributed by atoms with Crippen molar-refractivity contribution < 1.29 is 14.2 Å². The molecular weight excluding hydrogens is 414 g/mol. The molecular formula is C24H30ClN3O3. The highest BCUT2D eigenvalue weighted by atomic mass is 35.5. The first-order valence-corrected chi connectivity index (χ1v) is 11.4. The van der Waals surface area contributed by atoms with Crippen LogP contribution in [-0.4, -0.2) is 55.8 Å². The number of hydrogen-bond acceptors (Lipinski definition) is 6. The molecule has 1 N–H and O–H groups in total. The molecule has 0 amide bonds. The van der Waals surface area contributed by atoms with Crippen LogP contribution in [0.3, 0.4) is 0 Å². The number of ether oxygens (including phenoxy) is 3. The Balaban J connectivity index is 1.08. The van der Waals surface area contributed by atoms with Crippen LogP contribution in [0.1, 0.15) is 25.7 Å². The number of piperazine rings is 1. The number of pyridine rings is 1. The second-order valence-corrected chi connectivity index (χ2v) is 8.27. The van der Waals surface area contributed by atoms with Crippen molar-refractivity contribution in [1.82, 2.24) is 15.2 Å². The lowest BCUT2D eigenvalue weighted by molar-refractivity contribution is 0.163. The molecule has 2 aliphatic heterocycles. The highest BCUT2D eigenvalue weighted by Crippen LogP contribution is 2.26. The van der Waals surface area contributed by atoms with Crippen LogP contribution in [0.25, 0.3) is 10.9 Å². The second-order valence-electron chi connectivity index (χ2n) is 7.83. The van der Waals surface area contributed by atoms with Crippen LogP contribution in [0.15, 0.2) is 54.3 Å². The Hall–Kier alpha value is -2.28. The van der Waals surface area contributed by atoms with Crippen molar-refractivity contribution in [2.45, 2.75) is 25.7 Å². The van der Waals surface area contributed by atoms with E-state index in [1.807, 2.05) is 24.3 Å². The van der Waals surface area contributed by atoms with Crippen molar-refractivity contribution in [3.05, 3.63) is 59.3 Å². The Morgan fingerprint density at radius 3 is 2.71 bits per heavy atom. The molecule has 0 bridgehead atoms. The van der Waals surface area contributed by atoms with Crippen LogP contribution >= 0.6 is 11.6 Å². The van der Waals surface area contributed by atoms with Crippen molar-refractivity contribution in [3.8, 4) is 5.75 Å². The van der Waals surface area contributed by atoms with Crippen LogP contribution in [0.2, 0.25) is 5.02 Å². The lowest BCUT2D eigenvalue weighted by Gasteiger charge is -2.28. The first-order chi connectivity index (χ1) is 15.3. The molecule has 1 aromatic heterocycles. The number of rotatable bonds is 10. The fourth-order valence-corrected chi connectivity index (χ4v) is 3.89. The molecule has 31 heavy (non-hydrogen) atoms. The standard InChI is InChI=1S/C24H30ClN3O3/c25-19-4-7-22-23(16-19)27-9-8-24(22)30-15-3-1-2-14-29-21-6-5-20(31-18-21)17-28-12-10-26-11-13-28/h4-5,7-9,16,18,26H,1-3,6,10-15,17H2. The highest BCUT2D eigenvalue weighted by Gasteiger charge is 2.14. The molecule has 4 rings (SSSR count). The molecule has 6 nitrogen and oxygen atoms in total. The van der Waals surface area contributed by atoms with Gasteiger partial charge >= 0.3 is 0 Å². The molecule has 0 unspecified atom stereocenters. The fraction of sp³-hybridized carbons (Fsp3) is 0.458. The van der Waals surface area contributed by atoms with E-state index in [9.17, 15) is 0 Å². The van der Waals surface area contributed by atoms with Gasteiger partial charge in [0.15, 0.2) is 0 Å². The molecule has 2 aliphatic rings. The number of aromatic nitrogens is 1. The Kier molecular flexibility index (Phi) is 8.04. The molecule has 1 fully saturated rings. The summed E-state index contributed by atoms with van der Waals surface area (Å²) in [4.78, 5) is 6.75. The van der Waals surface area contributed by atoms with E-state index in [0.717, 1.165) is 86.6 Å². The van der Waals surface area contributed by atoms with E-state index in [1.54, 1.807) is 12.5 Å². The molecule has 0 aliphatic carbocycles. The summed E-state index contributed by atoms with van der Waals surface area (Å²) >= 11 is 6.04. The van der Waals surface area contributed by atoms with Gasteiger partial charge in [-0.3, -0.25) is 9.88 Å². The summed E-state index contributed by atoms with van der Waals surface area (Å²) in [5, 5.41) is 5.04. The number of nitrogens with one attached hydrogen (secondary N) is 1. The summed E-state index contributed by atoms with van der Waals surface area (Å²) in [7, 11) is 0. The normalized spacial score (nSPS) is 17.1. The minimum absolute atomic E-state index is 0.672. The van der Waals surface area contributed by atoms with Crippen LogP contribution in [0, 0.1) is 0 Å². The average molecular weight is 444 g/mol. The molecule has 1 saturated heterocycles. The van der Waals surface area contributed by atoms with Crippen LogP contribution < -0.4 is 10.1 Å². The molecule has 7 heteroatoms. The van der Waals surface area contributed by atoms with Crippen molar-refractivity contribution >= 4 is 22.5 Å². The summed E-state index contributed by atoms with van der Waals surface area (Å²) in [5.74, 6) is 2.78. The summed E-state index contributed by atoms with van der Waals surface area (Å²) in [6.45, 7) is 6.50. The molecule has 166 valence electrons. The van der Waals surface area contributed by atoms with Gasteiger partial charge in [0.05, 0.1) is 25.3 Å². The summed E-state index contributed by atoms with van der Waals surface area (Å²) in [5.41, 5.74) is 0.853. The average Bonchev–Trinajstić information content (AvgIpc) is 2.80. The van der Waals surface area contributed by atoms with Gasteiger partial charge in [0.1, 0.15) is 23.5 Å². The largest absolute Gasteiger partial charge is 0.494 e. The maximum Gasteiger partial charge on any atom is 0.135 e. The highest BCUT2D eigenvalue weighted by molar-refractivity contribution is 6.31. The van der Waals surface area contributed by atoms with Gasteiger partial charge in [-0.1, -0.05) is 11.6 Å². The summed E-state index contributed by atoms with van der Waals surface area (Å²) in [6, 6.07) is 7.58. The molecule has 0 spiro atoms. The van der Waals surface area contributed by atoms with Crippen molar-refractivity contribution in [3.63, 3.8) is 0 Å². The number of hydrogen-bond donors (Lipinski definition) is 1. The van der Waals surface area contributed by atoms with Gasteiger partial charge in [0.25, 0.3) is 0 Å². The Labute approximate surface area is 188 Å². The number of benzene rings is 1. The van der Waals surface area contributed by atoms with E-state index in [0.29, 0.717) is 18.2 Å². The van der Waals surface area contributed by atoms with E-state index in [1.165, 1.54) is 0 Å². The summed E-state index contributed by atoms with van der Waals surface area (Å²) < 4.78 is 17.6. The zero-order valence-corrected chi connectivity index (χ0v) is 18.6. The number of unbranched alkanes of at least 4 members (excludes halogenated alkanes) is 2. The number of allylic oxidation sites excluding steroid dienone is 1. The minimum Gasteiger partial charge on any atom is -0.494 e. The van der Waals surface area contributed by atoms with Gasteiger partial charge in [-0.05, 0) is 49.6 Å². The Bertz CT molecular complexity index is 925. The molecule has 3 heterocycles. The number of fused-ring (bicyclic) bond motifs is 1. The van der Waals surface area contributed by atoms with E-state index in [4.69, 9.17) is 25.8 Å². The van der Waals surface area contributed by atoms with Gasteiger partial charge in [0, 0.05) is 49.2 Å². The molecule has 2 aromatic rings. The predicted molar refractivity (Wildman–Crippen MR) is 123 cm³/mol. The van der Waals surface area contributed by atoms with Crippen LogP contribution in [0.5, 0.6) is 5.75 Å². The first kappa shape index (κ1) is 21.9. The zero-order chi connectivity index (χ0) is 21.3. The molecule has 1 aromatic carbocycles. The van der Waals surface area contributed by atoms with Crippen molar-refractivity contribution in [2.24, 2.45) is 0 Å². The zero-order valence-electron chi connectivity index (χ0n) is 17.8. The maximum atomic E-state index is 6.04. The SMILES string of the molecule is Clc1ccc2c(OCCCCCOC3=COC(CN4CCNCC4)=CC3)ccnc2c1. The lowest BCUT2D eigenvalue weighted by atomic mass is 10.2. The number of nitrogens with zero attached hydrogens (tertiary/aromatic N) is 2. The first-order valence-electron chi connectivity index (χ1n) is 11.1. The van der Waals surface area contributed by atoms with Gasteiger partial charge < -0.3 is 19.5 Å². The predicted octanol–water partition coefficient (Wildman–Crippen LogP) is 4.50. The topological polar surface area (TPSA) is 55.9 Å². The van der Waals surface area contributed by atoms with E-state index < -0.39 is 0 Å². The third-order valence-electron chi connectivity index (χ3n) is 5.46. The van der Waals surface area contributed by atoms with Crippen LogP contribution in [-0.2, 0) is 9.47 Å². The number of halogens is 1. The van der Waals surface area contributed by atoms with Gasteiger partial charge in [0.2, 0.25) is 0 Å². The van der Waals surface area contributed by atoms with E-state index in [2.05, 4.69) is 21.3 Å². The van der Waals surface area contributed by atoms with E-state index >= 15 is 0 Å². The van der Waals surface area contributed by atoms with Crippen molar-refractivity contribution in [2.75, 3.05) is 45.9 Å². The minimum atomic E-state index is 0.672. The van der Waals surface area contributed by atoms with Gasteiger partial charge in [-0.25, -0.2) is 0 Å². The Morgan fingerprint density at radius 1 is 1.06 bits per heavy atom. The van der Waals surface area contributed by atoms with Crippen LogP contribution in [0.4, 0.5) is 0 Å². The summed E-state index contributed by atoms with van der Waals surface area (Å²) in [6.07, 6.45) is 9.48. The third kappa shape index (κ3) is 6.60. The second kappa shape index (κ2) is 11.4.